The first kappa shape index (κ1) is 21.9. The summed E-state index contributed by atoms with van der Waals surface area (Å²) in [6, 6.07) is 9.77. The van der Waals surface area contributed by atoms with Crippen LogP contribution in [0.4, 0.5) is 25.0 Å². The number of halogens is 2. The Morgan fingerprint density at radius 3 is 2.38 bits per heavy atom. The number of para-hydroxylation sites is 1. The van der Waals surface area contributed by atoms with Crippen molar-refractivity contribution in [3.05, 3.63) is 65.3 Å². The molecule has 166 valence electrons. The summed E-state index contributed by atoms with van der Waals surface area (Å²) in [4.78, 5) is 28.2. The molecule has 6 nitrogen and oxygen atoms in total. The van der Waals surface area contributed by atoms with E-state index in [0.717, 1.165) is 53.3 Å². The van der Waals surface area contributed by atoms with E-state index in [9.17, 15) is 18.4 Å². The van der Waals surface area contributed by atoms with Gasteiger partial charge in [0, 0.05) is 17.8 Å². The average Bonchev–Trinajstić information content (AvgIpc) is 3.28. The molecule has 1 aliphatic rings. The minimum atomic E-state index is -0.846. The molecule has 0 atom stereocenters. The van der Waals surface area contributed by atoms with Gasteiger partial charge in [0.1, 0.15) is 23.4 Å². The number of rotatable bonds is 6. The zero-order valence-corrected chi connectivity index (χ0v) is 17.8. The van der Waals surface area contributed by atoms with E-state index in [1.807, 2.05) is 18.3 Å². The first-order chi connectivity index (χ1) is 15.5. The highest BCUT2D eigenvalue weighted by Crippen LogP contribution is 2.38. The smallest absolute Gasteiger partial charge is 0.323 e. The summed E-state index contributed by atoms with van der Waals surface area (Å²) < 4.78 is 32.4. The summed E-state index contributed by atoms with van der Waals surface area (Å²) >= 11 is 1.63. The first-order valence-electron chi connectivity index (χ1n) is 10.2. The Bertz CT molecular complexity index is 1080. The van der Waals surface area contributed by atoms with Crippen molar-refractivity contribution in [1.29, 1.82) is 0 Å². The first-order valence-corrected chi connectivity index (χ1v) is 11.0. The molecule has 2 amide bonds. The van der Waals surface area contributed by atoms with Crippen LogP contribution in [0.2, 0.25) is 0 Å². The second-order valence-electron chi connectivity index (χ2n) is 7.52. The molecule has 1 saturated carbocycles. The lowest BCUT2D eigenvalue weighted by molar-refractivity contribution is -0.135. The van der Waals surface area contributed by atoms with Crippen LogP contribution in [0.25, 0.3) is 10.4 Å². The average molecular weight is 458 g/mol. The maximum atomic E-state index is 13.7. The van der Waals surface area contributed by atoms with Crippen molar-refractivity contribution in [2.75, 3.05) is 10.6 Å². The second-order valence-corrected chi connectivity index (χ2v) is 8.58. The predicted octanol–water partition coefficient (Wildman–Crippen LogP) is 5.93. The highest BCUT2D eigenvalue weighted by atomic mass is 32.1. The lowest BCUT2D eigenvalue weighted by Gasteiger charge is -2.25. The Morgan fingerprint density at radius 2 is 1.72 bits per heavy atom. The van der Waals surface area contributed by atoms with Crippen molar-refractivity contribution in [2.24, 2.45) is 0 Å². The van der Waals surface area contributed by atoms with Crippen molar-refractivity contribution < 1.29 is 23.1 Å². The number of benzene rings is 2. The Labute approximate surface area is 187 Å². The fourth-order valence-electron chi connectivity index (χ4n) is 3.75. The molecule has 1 aromatic heterocycles. The predicted molar refractivity (Wildman–Crippen MR) is 119 cm³/mol. The van der Waals surface area contributed by atoms with Crippen molar-refractivity contribution in [3.63, 3.8) is 0 Å². The molecule has 1 aliphatic carbocycles. The van der Waals surface area contributed by atoms with Gasteiger partial charge in [-0.05, 0) is 55.5 Å². The van der Waals surface area contributed by atoms with Gasteiger partial charge in [-0.15, -0.1) is 11.3 Å². The number of amides is 2. The molecule has 0 radical (unpaired) electrons. The summed E-state index contributed by atoms with van der Waals surface area (Å²) in [6.07, 6.45) is 5.41. The van der Waals surface area contributed by atoms with Gasteiger partial charge in [0.2, 0.25) is 0 Å². The largest absolute Gasteiger partial charge is 0.465 e. The van der Waals surface area contributed by atoms with Crippen LogP contribution in [0.1, 0.15) is 36.6 Å². The van der Waals surface area contributed by atoms with E-state index in [2.05, 4.69) is 15.6 Å². The zero-order valence-electron chi connectivity index (χ0n) is 17.0. The molecule has 0 bridgehead atoms. The number of aromatic nitrogens is 1. The lowest BCUT2D eigenvalue weighted by Crippen LogP contribution is -2.20. The fraction of sp³-hybridized carbons (Fsp3) is 0.261. The van der Waals surface area contributed by atoms with Gasteiger partial charge < -0.3 is 15.4 Å². The normalized spacial score (nSPS) is 18.1. The maximum absolute atomic E-state index is 13.7. The van der Waals surface area contributed by atoms with E-state index < -0.39 is 23.4 Å². The van der Waals surface area contributed by atoms with Crippen molar-refractivity contribution in [2.45, 2.75) is 37.7 Å². The molecule has 2 N–H and O–H groups in total. The van der Waals surface area contributed by atoms with E-state index in [1.165, 1.54) is 6.07 Å². The molecule has 0 unspecified atom stereocenters. The minimum Gasteiger partial charge on any atom is -0.465 e. The van der Waals surface area contributed by atoms with Gasteiger partial charge >= 0.3 is 6.03 Å². The summed E-state index contributed by atoms with van der Waals surface area (Å²) in [7, 11) is 0. The van der Waals surface area contributed by atoms with Gasteiger partial charge in [-0.3, -0.25) is 4.79 Å². The van der Waals surface area contributed by atoms with Gasteiger partial charge in [-0.1, -0.05) is 18.2 Å². The number of anilines is 2. The van der Waals surface area contributed by atoms with Crippen LogP contribution < -0.4 is 10.6 Å². The molecule has 3 aromatic rings. The third-order valence-corrected chi connectivity index (χ3v) is 6.63. The number of nitrogens with one attached hydrogen (secondary N) is 2. The molecular formula is C23H21F2N3O3S. The van der Waals surface area contributed by atoms with E-state index in [-0.39, 0.29) is 6.10 Å². The highest BCUT2D eigenvalue weighted by Gasteiger charge is 2.25. The van der Waals surface area contributed by atoms with Gasteiger partial charge in [0.15, 0.2) is 0 Å². The number of nitrogens with zero attached hydrogens (tertiary/aromatic N) is 1. The number of hydrogen-bond acceptors (Lipinski definition) is 5. The maximum Gasteiger partial charge on any atom is 0.323 e. The van der Waals surface area contributed by atoms with E-state index >= 15 is 0 Å². The van der Waals surface area contributed by atoms with Crippen LogP contribution in [0.3, 0.4) is 0 Å². The van der Waals surface area contributed by atoms with Gasteiger partial charge in [0.25, 0.3) is 6.47 Å². The molecule has 9 heteroatoms. The van der Waals surface area contributed by atoms with Crippen LogP contribution >= 0.6 is 11.3 Å². The fourth-order valence-corrected chi connectivity index (χ4v) is 4.84. The number of carbonyl (C=O) groups is 2. The van der Waals surface area contributed by atoms with Gasteiger partial charge in [-0.2, -0.15) is 0 Å². The van der Waals surface area contributed by atoms with Gasteiger partial charge in [-0.25, -0.2) is 18.6 Å². The standard InChI is InChI=1S/C23H21F2N3O3S/c24-18-2-1-3-19(25)21(18)28-23(30)27-16-8-4-14(5-9-16)20-12-26-22(32-20)15-6-10-17(11-7-15)31-13-29/h1-5,8-9,12-13,15,17H,6-7,10-11H2,(H2,27,28,30). The molecule has 1 heterocycles. The Balaban J connectivity index is 1.36. The minimum absolute atomic E-state index is 0.00954. The molecule has 4 rings (SSSR count). The van der Waals surface area contributed by atoms with Crippen LogP contribution in [-0.2, 0) is 9.53 Å². The molecule has 0 saturated heterocycles. The van der Waals surface area contributed by atoms with Crippen LogP contribution in [0.15, 0.2) is 48.7 Å². The Hall–Kier alpha value is -3.33. The molecule has 0 spiro atoms. The third kappa shape index (κ3) is 5.11. The SMILES string of the molecule is O=COC1CCC(c2ncc(-c3ccc(NC(=O)Nc4c(F)cccc4F)cc3)s2)CC1. The highest BCUT2D eigenvalue weighted by molar-refractivity contribution is 7.15. The van der Waals surface area contributed by atoms with Gasteiger partial charge in [0.05, 0.1) is 9.88 Å². The monoisotopic (exact) mass is 457 g/mol. The Kier molecular flexibility index (Phi) is 6.75. The van der Waals surface area contributed by atoms with Crippen LogP contribution in [0.5, 0.6) is 0 Å². The topological polar surface area (TPSA) is 80.3 Å². The van der Waals surface area contributed by atoms with E-state index in [0.29, 0.717) is 18.1 Å². The number of thiazole rings is 1. The summed E-state index contributed by atoms with van der Waals surface area (Å²) in [5.41, 5.74) is 0.949. The molecular weight excluding hydrogens is 436 g/mol. The summed E-state index contributed by atoms with van der Waals surface area (Å²) in [6.45, 7) is 0.521. The summed E-state index contributed by atoms with van der Waals surface area (Å²) in [5, 5.41) is 5.82. The third-order valence-electron chi connectivity index (χ3n) is 5.42. The molecule has 32 heavy (non-hydrogen) atoms. The van der Waals surface area contributed by atoms with E-state index in [4.69, 9.17) is 4.74 Å². The molecule has 2 aromatic carbocycles. The van der Waals surface area contributed by atoms with Crippen molar-refractivity contribution >= 4 is 35.2 Å². The molecule has 0 aliphatic heterocycles. The van der Waals surface area contributed by atoms with Crippen molar-refractivity contribution in [1.82, 2.24) is 4.98 Å². The van der Waals surface area contributed by atoms with Crippen molar-refractivity contribution in [3.8, 4) is 10.4 Å². The van der Waals surface area contributed by atoms with Crippen LogP contribution in [0, 0.1) is 11.6 Å². The summed E-state index contributed by atoms with van der Waals surface area (Å²) in [5.74, 6) is -1.33. The zero-order chi connectivity index (χ0) is 22.5. The number of hydrogen-bond donors (Lipinski definition) is 2. The molecule has 1 fully saturated rings. The quantitative estimate of drug-likeness (QED) is 0.450. The second kappa shape index (κ2) is 9.86. The van der Waals surface area contributed by atoms with E-state index in [1.54, 1.807) is 23.5 Å². The number of ether oxygens (including phenoxy) is 1. The van der Waals surface area contributed by atoms with Crippen LogP contribution in [-0.4, -0.2) is 23.6 Å². The number of carbonyl (C=O) groups excluding carboxylic acids is 2. The number of urea groups is 1. The Morgan fingerprint density at radius 1 is 1.03 bits per heavy atom. The lowest BCUT2D eigenvalue weighted by atomic mass is 9.88.